The van der Waals surface area contributed by atoms with Gasteiger partial charge in [0.2, 0.25) is 0 Å². The topological polar surface area (TPSA) is 98.0 Å². The lowest BCUT2D eigenvalue weighted by Gasteiger charge is -2.10. The Morgan fingerprint density at radius 3 is 1.50 bits per heavy atom. The van der Waals surface area contributed by atoms with Crippen LogP contribution in [0.25, 0.3) is 0 Å². The highest BCUT2D eigenvalue weighted by atomic mass is 31.1. The van der Waals surface area contributed by atoms with Crippen LogP contribution in [0.3, 0.4) is 0 Å². The lowest BCUT2D eigenvalue weighted by Crippen LogP contribution is -2.20. The van der Waals surface area contributed by atoms with Crippen LogP contribution >= 0.6 is 8.25 Å². The van der Waals surface area contributed by atoms with Gasteiger partial charge in [-0.2, -0.15) is 0 Å². The molecule has 5 nitrogen and oxygen atoms in total. The predicted octanol–water partition coefficient (Wildman–Crippen LogP) is -0.274. The molecule has 0 heterocycles. The molecule has 6 heteroatoms. The second-order valence-corrected chi connectivity index (χ2v) is 2.33. The number of hydrogen-bond donors (Lipinski definition) is 4. The summed E-state index contributed by atoms with van der Waals surface area (Å²) < 4.78 is 8.70. The SMILES string of the molecule is CCC(C)(O)O.O=[P+](O)O. The van der Waals surface area contributed by atoms with Gasteiger partial charge < -0.3 is 10.2 Å². The zero-order chi connectivity index (χ0) is 8.78. The molecule has 0 atom stereocenters. The summed E-state index contributed by atoms with van der Waals surface area (Å²) in [6.45, 7) is 3.06. The minimum absolute atomic E-state index is 0.382. The Hall–Kier alpha value is -0.0600. The Labute approximate surface area is 59.9 Å². The Kier molecular flexibility index (Phi) is 7.19. The van der Waals surface area contributed by atoms with Crippen molar-refractivity contribution in [1.29, 1.82) is 0 Å². The van der Waals surface area contributed by atoms with Crippen molar-refractivity contribution >= 4 is 8.25 Å². The first kappa shape index (κ1) is 12.6. The van der Waals surface area contributed by atoms with Gasteiger partial charge in [0, 0.05) is 4.57 Å². The Balaban J connectivity index is 0. The highest BCUT2D eigenvalue weighted by Gasteiger charge is 2.08. The fourth-order valence-electron chi connectivity index (χ4n) is 0. The summed E-state index contributed by atoms with van der Waals surface area (Å²) in [6.07, 6.45) is 0.382. The van der Waals surface area contributed by atoms with Gasteiger partial charge in [-0.3, -0.25) is 0 Å². The molecule has 0 saturated carbocycles. The summed E-state index contributed by atoms with van der Waals surface area (Å²) in [4.78, 5) is 14.2. The molecular formula is C4H12O5P+. The van der Waals surface area contributed by atoms with Crippen LogP contribution in [-0.4, -0.2) is 25.8 Å². The Morgan fingerprint density at radius 2 is 1.50 bits per heavy atom. The molecule has 0 radical (unpaired) electrons. The third-order valence-electron chi connectivity index (χ3n) is 0.670. The molecule has 0 rings (SSSR count). The lowest BCUT2D eigenvalue weighted by atomic mass is 10.3. The highest BCUT2D eigenvalue weighted by Crippen LogP contribution is 1.99. The average Bonchev–Trinajstić information content (AvgIpc) is 1.63. The molecule has 0 aromatic heterocycles. The molecule has 0 spiro atoms. The smallest absolute Gasteiger partial charge is 0.366 e. The van der Waals surface area contributed by atoms with Gasteiger partial charge in [0.25, 0.3) is 0 Å². The van der Waals surface area contributed by atoms with E-state index in [1.165, 1.54) is 6.92 Å². The van der Waals surface area contributed by atoms with Gasteiger partial charge in [0.15, 0.2) is 5.79 Å². The summed E-state index contributed by atoms with van der Waals surface area (Å²) in [5, 5.41) is 16.8. The first-order valence-electron chi connectivity index (χ1n) is 2.59. The molecule has 0 saturated heterocycles. The third kappa shape index (κ3) is 44.2. The largest absolute Gasteiger partial charge is 0.692 e. The second-order valence-electron chi connectivity index (χ2n) is 1.82. The maximum absolute atomic E-state index is 8.70. The number of rotatable bonds is 1. The van der Waals surface area contributed by atoms with E-state index in [9.17, 15) is 0 Å². The van der Waals surface area contributed by atoms with Crippen LogP contribution < -0.4 is 0 Å². The van der Waals surface area contributed by atoms with Crippen molar-refractivity contribution in [2.45, 2.75) is 26.1 Å². The van der Waals surface area contributed by atoms with E-state index in [1.54, 1.807) is 6.92 Å². The molecule has 0 amide bonds. The number of hydrogen-bond acceptors (Lipinski definition) is 3. The van der Waals surface area contributed by atoms with E-state index in [0.29, 0.717) is 6.42 Å². The summed E-state index contributed by atoms with van der Waals surface area (Å²) in [5.74, 6) is -1.46. The van der Waals surface area contributed by atoms with Gasteiger partial charge in [0.1, 0.15) is 0 Å². The zero-order valence-electron chi connectivity index (χ0n) is 5.85. The Morgan fingerprint density at radius 1 is 1.40 bits per heavy atom. The van der Waals surface area contributed by atoms with Crippen molar-refractivity contribution in [3.05, 3.63) is 0 Å². The minimum atomic E-state index is -2.87. The van der Waals surface area contributed by atoms with Gasteiger partial charge in [-0.25, -0.2) is 0 Å². The maximum atomic E-state index is 8.70. The van der Waals surface area contributed by atoms with Crippen LogP contribution in [0.1, 0.15) is 20.3 Å². The molecule has 0 bridgehead atoms. The van der Waals surface area contributed by atoms with Crippen LogP contribution in [0, 0.1) is 0 Å². The van der Waals surface area contributed by atoms with Crippen molar-refractivity contribution in [2.24, 2.45) is 0 Å². The van der Waals surface area contributed by atoms with Gasteiger partial charge in [-0.05, 0) is 13.3 Å². The quantitative estimate of drug-likeness (QED) is 0.321. The maximum Gasteiger partial charge on any atom is 0.692 e. The van der Waals surface area contributed by atoms with Crippen LogP contribution in [0.4, 0.5) is 0 Å². The molecule has 0 aliphatic heterocycles. The summed E-state index contributed by atoms with van der Waals surface area (Å²) in [6, 6.07) is 0. The van der Waals surface area contributed by atoms with E-state index < -0.39 is 14.0 Å². The first-order valence-corrected chi connectivity index (χ1v) is 3.76. The summed E-state index contributed by atoms with van der Waals surface area (Å²) in [5.41, 5.74) is 0. The average molecular weight is 171 g/mol. The molecule has 0 aliphatic carbocycles. The molecule has 0 aromatic rings. The molecule has 10 heavy (non-hydrogen) atoms. The standard InChI is InChI=1S/C4H10O2.HO3P/c1-3-4(2,5)6;1-4(2)3/h5-6H,3H2,1-2H3;(H-,1,2,3)/p+1. The molecule has 0 fully saturated rings. The van der Waals surface area contributed by atoms with E-state index in [4.69, 9.17) is 24.6 Å². The molecule has 0 aromatic carbocycles. The highest BCUT2D eigenvalue weighted by molar-refractivity contribution is 7.30. The summed E-state index contributed by atoms with van der Waals surface area (Å²) >= 11 is 0. The number of aliphatic hydroxyl groups is 2. The van der Waals surface area contributed by atoms with E-state index in [0.717, 1.165) is 0 Å². The monoisotopic (exact) mass is 171 g/mol. The van der Waals surface area contributed by atoms with Crippen molar-refractivity contribution in [3.8, 4) is 0 Å². The normalized spacial score (nSPS) is 9.80. The van der Waals surface area contributed by atoms with Crippen LogP contribution in [0.5, 0.6) is 0 Å². The van der Waals surface area contributed by atoms with Crippen LogP contribution in [0.2, 0.25) is 0 Å². The van der Waals surface area contributed by atoms with Gasteiger partial charge >= 0.3 is 8.25 Å². The first-order chi connectivity index (χ1) is 4.29. The molecular weight excluding hydrogens is 159 g/mol. The molecule has 62 valence electrons. The Bertz CT molecular complexity index is 92.3. The minimum Gasteiger partial charge on any atom is -0.366 e. The lowest BCUT2D eigenvalue weighted by molar-refractivity contribution is -0.145. The van der Waals surface area contributed by atoms with E-state index >= 15 is 0 Å². The van der Waals surface area contributed by atoms with Gasteiger partial charge in [0.05, 0.1) is 0 Å². The van der Waals surface area contributed by atoms with E-state index in [2.05, 4.69) is 0 Å². The van der Waals surface area contributed by atoms with Crippen molar-refractivity contribution < 1.29 is 24.6 Å². The van der Waals surface area contributed by atoms with E-state index in [-0.39, 0.29) is 0 Å². The predicted molar refractivity (Wildman–Crippen MR) is 35.2 cm³/mol. The summed E-state index contributed by atoms with van der Waals surface area (Å²) in [7, 11) is -2.87. The van der Waals surface area contributed by atoms with Crippen LogP contribution in [0.15, 0.2) is 0 Å². The van der Waals surface area contributed by atoms with Crippen molar-refractivity contribution in [1.82, 2.24) is 0 Å². The fraction of sp³-hybridized carbons (Fsp3) is 1.00. The van der Waals surface area contributed by atoms with Crippen molar-refractivity contribution in [3.63, 3.8) is 0 Å². The van der Waals surface area contributed by atoms with Crippen LogP contribution in [-0.2, 0) is 4.57 Å². The molecule has 0 aliphatic rings. The van der Waals surface area contributed by atoms with Gasteiger partial charge in [-0.15, -0.1) is 9.79 Å². The van der Waals surface area contributed by atoms with Crippen molar-refractivity contribution in [2.75, 3.05) is 0 Å². The molecule has 4 N–H and O–H groups in total. The third-order valence-corrected chi connectivity index (χ3v) is 0.670. The molecule has 0 unspecified atom stereocenters. The van der Waals surface area contributed by atoms with Gasteiger partial charge in [-0.1, -0.05) is 6.92 Å². The van der Waals surface area contributed by atoms with E-state index in [1.807, 2.05) is 0 Å². The fourth-order valence-corrected chi connectivity index (χ4v) is 0. The second kappa shape index (κ2) is 5.70. The zero-order valence-corrected chi connectivity index (χ0v) is 6.75.